The number of fused-ring (bicyclic) bond motifs is 1. The van der Waals surface area contributed by atoms with E-state index in [-0.39, 0.29) is 11.7 Å². The number of hydrogen-bond acceptors (Lipinski definition) is 5. The molecule has 0 N–H and O–H groups in total. The summed E-state index contributed by atoms with van der Waals surface area (Å²) in [6.45, 7) is 4.08. The van der Waals surface area contributed by atoms with E-state index in [0.717, 1.165) is 6.42 Å². The molecular formula is C20H21N5O3. The van der Waals surface area contributed by atoms with Crippen molar-refractivity contribution in [3.63, 3.8) is 0 Å². The normalized spacial score (nSPS) is 14.5. The molecule has 28 heavy (non-hydrogen) atoms. The van der Waals surface area contributed by atoms with E-state index in [0.29, 0.717) is 43.2 Å². The number of aromatic nitrogens is 2. The Morgan fingerprint density at radius 2 is 1.82 bits per heavy atom. The molecule has 0 radical (unpaired) electrons. The molecule has 0 spiro atoms. The van der Waals surface area contributed by atoms with Crippen molar-refractivity contribution >= 4 is 23.2 Å². The van der Waals surface area contributed by atoms with Crippen LogP contribution < -0.4 is 4.90 Å². The highest BCUT2D eigenvalue weighted by Gasteiger charge is 2.30. The second-order valence-electron chi connectivity index (χ2n) is 6.77. The van der Waals surface area contributed by atoms with Crippen LogP contribution in [0, 0.1) is 10.1 Å². The standard InChI is InChI=1S/C20H21N5O3/c1-2-15-6-8-16(9-7-15)20(26)23-13-11-22(12-14-23)18-19(25(27)28)24-10-4-3-5-17(24)21-18/h3-10H,2,11-14H2,1H3. The minimum atomic E-state index is -0.401. The molecule has 0 saturated carbocycles. The molecule has 1 fully saturated rings. The van der Waals surface area contributed by atoms with E-state index >= 15 is 0 Å². The average Bonchev–Trinajstić information content (AvgIpc) is 3.13. The Morgan fingerprint density at radius 1 is 1.11 bits per heavy atom. The molecule has 0 atom stereocenters. The van der Waals surface area contributed by atoms with Gasteiger partial charge in [-0.2, -0.15) is 9.38 Å². The number of pyridine rings is 1. The quantitative estimate of drug-likeness (QED) is 0.514. The molecule has 1 saturated heterocycles. The first-order chi connectivity index (χ1) is 13.6. The Morgan fingerprint density at radius 3 is 2.46 bits per heavy atom. The molecule has 8 nitrogen and oxygen atoms in total. The summed E-state index contributed by atoms with van der Waals surface area (Å²) in [5, 5.41) is 11.6. The number of amides is 1. The lowest BCUT2D eigenvalue weighted by atomic mass is 10.1. The van der Waals surface area contributed by atoms with Gasteiger partial charge in [0.25, 0.3) is 5.91 Å². The van der Waals surface area contributed by atoms with Crippen LogP contribution in [0.25, 0.3) is 5.65 Å². The van der Waals surface area contributed by atoms with Crippen molar-refractivity contribution in [3.05, 3.63) is 69.9 Å². The summed E-state index contributed by atoms with van der Waals surface area (Å²) >= 11 is 0. The maximum atomic E-state index is 12.7. The van der Waals surface area contributed by atoms with Crippen LogP contribution in [0.4, 0.5) is 11.6 Å². The van der Waals surface area contributed by atoms with Crippen LogP contribution in [0.2, 0.25) is 0 Å². The van der Waals surface area contributed by atoms with Gasteiger partial charge in [-0.25, -0.2) is 0 Å². The Bertz CT molecular complexity index is 1020. The topological polar surface area (TPSA) is 84.0 Å². The monoisotopic (exact) mass is 379 g/mol. The number of aryl methyl sites for hydroxylation is 1. The van der Waals surface area contributed by atoms with Crippen molar-refractivity contribution in [2.45, 2.75) is 13.3 Å². The average molecular weight is 379 g/mol. The van der Waals surface area contributed by atoms with Gasteiger partial charge in [-0.1, -0.05) is 25.1 Å². The highest BCUT2D eigenvalue weighted by Crippen LogP contribution is 2.29. The second-order valence-corrected chi connectivity index (χ2v) is 6.77. The zero-order valence-electron chi connectivity index (χ0n) is 15.6. The van der Waals surface area contributed by atoms with E-state index in [1.807, 2.05) is 29.2 Å². The molecule has 1 aliphatic rings. The number of nitrogens with zero attached hydrogens (tertiary/aromatic N) is 5. The molecule has 2 aromatic heterocycles. The first kappa shape index (κ1) is 18.0. The van der Waals surface area contributed by atoms with Gasteiger partial charge in [-0.05, 0) is 35.1 Å². The van der Waals surface area contributed by atoms with E-state index in [9.17, 15) is 14.9 Å². The molecule has 8 heteroatoms. The molecule has 3 heterocycles. The summed E-state index contributed by atoms with van der Waals surface area (Å²) in [6.07, 6.45) is 2.58. The summed E-state index contributed by atoms with van der Waals surface area (Å²) in [4.78, 5) is 32.1. The van der Waals surface area contributed by atoms with Crippen molar-refractivity contribution in [1.82, 2.24) is 14.3 Å². The molecule has 1 amide bonds. The minimum Gasteiger partial charge on any atom is -0.358 e. The molecule has 0 bridgehead atoms. The van der Waals surface area contributed by atoms with E-state index in [1.54, 1.807) is 29.3 Å². The summed E-state index contributed by atoms with van der Waals surface area (Å²) in [5.41, 5.74) is 2.41. The predicted octanol–water partition coefficient (Wildman–Crippen LogP) is 2.77. The van der Waals surface area contributed by atoms with Crippen LogP contribution in [0.15, 0.2) is 48.7 Å². The van der Waals surface area contributed by atoms with Crippen molar-refractivity contribution in [1.29, 1.82) is 0 Å². The van der Waals surface area contributed by atoms with Gasteiger partial charge in [0, 0.05) is 37.8 Å². The largest absolute Gasteiger partial charge is 0.372 e. The van der Waals surface area contributed by atoms with E-state index in [1.165, 1.54) is 9.96 Å². The number of carbonyl (C=O) groups excluding carboxylic acids is 1. The molecular weight excluding hydrogens is 358 g/mol. The van der Waals surface area contributed by atoms with Gasteiger partial charge in [-0.3, -0.25) is 4.79 Å². The van der Waals surface area contributed by atoms with Crippen LogP contribution in [0.5, 0.6) is 0 Å². The number of piperazine rings is 1. The van der Waals surface area contributed by atoms with Crippen LogP contribution in [-0.2, 0) is 6.42 Å². The number of rotatable bonds is 4. The Balaban J connectivity index is 1.51. The molecule has 1 aliphatic heterocycles. The number of nitro groups is 1. The van der Waals surface area contributed by atoms with Gasteiger partial charge in [0.1, 0.15) is 0 Å². The summed E-state index contributed by atoms with van der Waals surface area (Å²) in [5.74, 6) is 0.313. The fourth-order valence-corrected chi connectivity index (χ4v) is 3.54. The molecule has 4 rings (SSSR count). The highest BCUT2D eigenvalue weighted by molar-refractivity contribution is 5.94. The summed E-state index contributed by atoms with van der Waals surface area (Å²) < 4.78 is 1.49. The Labute approximate surface area is 162 Å². The lowest BCUT2D eigenvalue weighted by Gasteiger charge is -2.34. The first-order valence-corrected chi connectivity index (χ1v) is 9.33. The molecule has 3 aromatic rings. The second kappa shape index (κ2) is 7.30. The fourth-order valence-electron chi connectivity index (χ4n) is 3.54. The highest BCUT2D eigenvalue weighted by atomic mass is 16.6. The van der Waals surface area contributed by atoms with Crippen molar-refractivity contribution in [2.24, 2.45) is 0 Å². The smallest absolute Gasteiger partial charge is 0.358 e. The zero-order valence-corrected chi connectivity index (χ0v) is 15.6. The number of imidazole rings is 1. The summed E-state index contributed by atoms with van der Waals surface area (Å²) in [7, 11) is 0. The first-order valence-electron chi connectivity index (χ1n) is 9.33. The Hall–Kier alpha value is -3.42. The third-order valence-electron chi connectivity index (χ3n) is 5.14. The van der Waals surface area contributed by atoms with Crippen LogP contribution >= 0.6 is 0 Å². The maximum absolute atomic E-state index is 12.7. The zero-order chi connectivity index (χ0) is 19.7. The van der Waals surface area contributed by atoms with Crippen molar-refractivity contribution in [2.75, 3.05) is 31.1 Å². The van der Waals surface area contributed by atoms with Crippen LogP contribution in [0.3, 0.4) is 0 Å². The van der Waals surface area contributed by atoms with Crippen LogP contribution in [-0.4, -0.2) is 51.3 Å². The van der Waals surface area contributed by atoms with E-state index in [4.69, 9.17) is 0 Å². The van der Waals surface area contributed by atoms with Gasteiger partial charge in [0.15, 0.2) is 0 Å². The van der Waals surface area contributed by atoms with Crippen molar-refractivity contribution < 1.29 is 9.72 Å². The van der Waals surface area contributed by atoms with Gasteiger partial charge in [0.2, 0.25) is 11.5 Å². The van der Waals surface area contributed by atoms with Crippen molar-refractivity contribution in [3.8, 4) is 0 Å². The van der Waals surface area contributed by atoms with E-state index in [2.05, 4.69) is 11.9 Å². The van der Waals surface area contributed by atoms with Gasteiger partial charge in [-0.15, -0.1) is 0 Å². The number of hydrogen-bond donors (Lipinski definition) is 0. The molecule has 0 unspecified atom stereocenters. The lowest BCUT2D eigenvalue weighted by molar-refractivity contribution is -0.389. The third kappa shape index (κ3) is 3.17. The fraction of sp³-hybridized carbons (Fsp3) is 0.300. The molecule has 0 aliphatic carbocycles. The maximum Gasteiger partial charge on any atom is 0.372 e. The molecule has 1 aromatic carbocycles. The summed E-state index contributed by atoms with van der Waals surface area (Å²) in [6, 6.07) is 13.0. The van der Waals surface area contributed by atoms with Crippen LogP contribution in [0.1, 0.15) is 22.8 Å². The lowest BCUT2D eigenvalue weighted by Crippen LogP contribution is -2.49. The SMILES string of the molecule is CCc1ccc(C(=O)N2CCN(c3nc4ccccn4c3[N+](=O)[O-])CC2)cc1. The van der Waals surface area contributed by atoms with E-state index < -0.39 is 4.92 Å². The molecule has 144 valence electrons. The number of benzene rings is 1. The predicted molar refractivity (Wildman–Crippen MR) is 106 cm³/mol. The number of carbonyl (C=O) groups is 1. The van der Waals surface area contributed by atoms with Gasteiger partial charge in [0.05, 0.1) is 6.20 Å². The van der Waals surface area contributed by atoms with Gasteiger partial charge >= 0.3 is 5.82 Å². The Kier molecular flexibility index (Phi) is 4.68. The van der Waals surface area contributed by atoms with Gasteiger partial charge < -0.3 is 19.9 Å². The third-order valence-corrected chi connectivity index (χ3v) is 5.14. The number of anilines is 1. The minimum absolute atomic E-state index is 0.00759.